The van der Waals surface area contributed by atoms with Crippen LogP contribution in [0.5, 0.6) is 0 Å². The topological polar surface area (TPSA) is 0 Å². The van der Waals surface area contributed by atoms with Gasteiger partial charge in [-0.15, -0.1) is 0 Å². The maximum Gasteiger partial charge on any atom is 0.389 e. The predicted molar refractivity (Wildman–Crippen MR) is 76.3 cm³/mol. The molecule has 0 unspecified atom stereocenters. The smallest absolute Gasteiger partial charge is 0.171 e. The summed E-state index contributed by atoms with van der Waals surface area (Å²) in [6.07, 6.45) is 5.36. The molecule has 0 atom stereocenters. The molecule has 0 nitrogen and oxygen atoms in total. The van der Waals surface area contributed by atoms with Gasteiger partial charge in [0.1, 0.15) is 0 Å². The average molecular weight is 280 g/mol. The van der Waals surface area contributed by atoms with Crippen molar-refractivity contribution in [2.45, 2.75) is 97.6 Å². The van der Waals surface area contributed by atoms with Crippen molar-refractivity contribution >= 4 is 0 Å². The lowest BCUT2D eigenvalue weighted by atomic mass is 9.77. The van der Waals surface area contributed by atoms with Crippen LogP contribution in [0.1, 0.15) is 91.4 Å². The maximum atomic E-state index is 12.7. The fourth-order valence-electron chi connectivity index (χ4n) is 2.74. The second kappa shape index (κ2) is 9.66. The van der Waals surface area contributed by atoms with Crippen molar-refractivity contribution in [3.05, 3.63) is 0 Å². The van der Waals surface area contributed by atoms with E-state index in [0.29, 0.717) is 0 Å². The van der Waals surface area contributed by atoms with E-state index in [1.54, 1.807) is 0 Å². The number of alkyl halides is 3. The van der Waals surface area contributed by atoms with Crippen molar-refractivity contribution in [1.29, 1.82) is 0 Å². The SMILES string of the molecule is CCCCCCC(C)(CCCCCC)CC(F)(F)F. The summed E-state index contributed by atoms with van der Waals surface area (Å²) in [7, 11) is 0. The first kappa shape index (κ1) is 18.8. The fourth-order valence-corrected chi connectivity index (χ4v) is 2.74. The van der Waals surface area contributed by atoms with Gasteiger partial charge in [0.2, 0.25) is 0 Å². The molecule has 19 heavy (non-hydrogen) atoms. The molecule has 0 aliphatic heterocycles. The minimum Gasteiger partial charge on any atom is -0.171 e. The van der Waals surface area contributed by atoms with Crippen LogP contribution in [0.3, 0.4) is 0 Å². The molecule has 0 aliphatic carbocycles. The van der Waals surface area contributed by atoms with E-state index in [2.05, 4.69) is 13.8 Å². The Kier molecular flexibility index (Phi) is 9.55. The van der Waals surface area contributed by atoms with Crippen molar-refractivity contribution in [2.75, 3.05) is 0 Å². The van der Waals surface area contributed by atoms with Gasteiger partial charge in [-0.3, -0.25) is 0 Å². The summed E-state index contributed by atoms with van der Waals surface area (Å²) in [4.78, 5) is 0. The molecule has 0 saturated carbocycles. The van der Waals surface area contributed by atoms with E-state index in [1.165, 1.54) is 0 Å². The van der Waals surface area contributed by atoms with E-state index in [9.17, 15) is 13.2 Å². The molecular formula is C16H31F3. The Morgan fingerprint density at radius 1 is 0.684 bits per heavy atom. The number of hydrogen-bond donors (Lipinski definition) is 0. The standard InChI is InChI=1S/C16H31F3/c1-4-6-8-10-12-15(3,14-16(17,18)19)13-11-9-7-5-2/h4-14H2,1-3H3. The summed E-state index contributed by atoms with van der Waals surface area (Å²) in [6, 6.07) is 0. The van der Waals surface area contributed by atoms with Crippen molar-refractivity contribution in [1.82, 2.24) is 0 Å². The highest BCUT2D eigenvalue weighted by Gasteiger charge is 2.38. The molecule has 0 aromatic carbocycles. The number of halogens is 3. The summed E-state index contributed by atoms with van der Waals surface area (Å²) in [5.74, 6) is 0. The molecule has 0 amide bonds. The van der Waals surface area contributed by atoms with Crippen molar-refractivity contribution < 1.29 is 13.2 Å². The predicted octanol–water partition coefficient (Wildman–Crippen LogP) is 6.89. The molecule has 0 aliphatic rings. The summed E-state index contributed by atoms with van der Waals surface area (Å²) in [5, 5.41) is 0. The highest BCUT2D eigenvalue weighted by atomic mass is 19.4. The van der Waals surface area contributed by atoms with Gasteiger partial charge in [-0.05, 0) is 18.3 Å². The van der Waals surface area contributed by atoms with Crippen molar-refractivity contribution in [2.24, 2.45) is 5.41 Å². The lowest BCUT2D eigenvalue weighted by Crippen LogP contribution is -2.25. The zero-order valence-electron chi connectivity index (χ0n) is 12.9. The molecule has 0 bridgehead atoms. The molecule has 0 aromatic rings. The third-order valence-electron chi connectivity index (χ3n) is 3.89. The minimum atomic E-state index is -4.02. The first-order valence-corrected chi connectivity index (χ1v) is 7.90. The molecule has 116 valence electrons. The second-order valence-corrected chi connectivity index (χ2v) is 6.22. The highest BCUT2D eigenvalue weighted by molar-refractivity contribution is 4.78. The number of hydrogen-bond acceptors (Lipinski definition) is 0. The van der Waals surface area contributed by atoms with Gasteiger partial charge < -0.3 is 0 Å². The highest BCUT2D eigenvalue weighted by Crippen LogP contribution is 2.41. The monoisotopic (exact) mass is 280 g/mol. The Morgan fingerprint density at radius 3 is 1.42 bits per heavy atom. The normalized spacial score (nSPS) is 12.9. The summed E-state index contributed by atoms with van der Waals surface area (Å²) < 4.78 is 38.1. The van der Waals surface area contributed by atoms with Gasteiger partial charge in [-0.1, -0.05) is 72.1 Å². The van der Waals surface area contributed by atoms with Crippen LogP contribution in [-0.2, 0) is 0 Å². The van der Waals surface area contributed by atoms with E-state index in [0.717, 1.165) is 64.2 Å². The van der Waals surface area contributed by atoms with E-state index in [-0.39, 0.29) is 0 Å². The maximum absolute atomic E-state index is 12.7. The number of unbranched alkanes of at least 4 members (excludes halogenated alkanes) is 6. The Balaban J connectivity index is 4.19. The van der Waals surface area contributed by atoms with Gasteiger partial charge in [-0.2, -0.15) is 13.2 Å². The molecule has 0 radical (unpaired) electrons. The molecule has 0 fully saturated rings. The van der Waals surface area contributed by atoms with Gasteiger partial charge in [0.15, 0.2) is 0 Å². The second-order valence-electron chi connectivity index (χ2n) is 6.22. The van der Waals surface area contributed by atoms with Gasteiger partial charge in [-0.25, -0.2) is 0 Å². The molecule has 0 saturated heterocycles. The molecule has 0 heterocycles. The van der Waals surface area contributed by atoms with Crippen molar-refractivity contribution in [3.63, 3.8) is 0 Å². The first-order chi connectivity index (χ1) is 8.83. The summed E-state index contributed by atoms with van der Waals surface area (Å²) in [5.41, 5.74) is -0.542. The van der Waals surface area contributed by atoms with Crippen LogP contribution in [0.4, 0.5) is 13.2 Å². The Hall–Kier alpha value is -0.210. The lowest BCUT2D eigenvalue weighted by Gasteiger charge is -2.31. The quantitative estimate of drug-likeness (QED) is 0.362. The van der Waals surface area contributed by atoms with E-state index in [1.807, 2.05) is 6.92 Å². The van der Waals surface area contributed by atoms with Gasteiger partial charge >= 0.3 is 6.18 Å². The average Bonchev–Trinajstić information content (AvgIpc) is 2.28. The van der Waals surface area contributed by atoms with Gasteiger partial charge in [0.25, 0.3) is 0 Å². The van der Waals surface area contributed by atoms with Crippen LogP contribution < -0.4 is 0 Å². The Morgan fingerprint density at radius 2 is 1.11 bits per heavy atom. The molecule has 0 rings (SSSR count). The summed E-state index contributed by atoms with van der Waals surface area (Å²) in [6.45, 7) is 6.08. The van der Waals surface area contributed by atoms with Crippen LogP contribution in [0, 0.1) is 5.41 Å². The Bertz CT molecular complexity index is 197. The Labute approximate surface area is 117 Å². The molecular weight excluding hydrogens is 249 g/mol. The van der Waals surface area contributed by atoms with Crippen LogP contribution in [-0.4, -0.2) is 6.18 Å². The molecule has 0 aromatic heterocycles. The third-order valence-corrected chi connectivity index (χ3v) is 3.89. The number of rotatable bonds is 11. The minimum absolute atomic E-state index is 0.542. The van der Waals surface area contributed by atoms with Crippen molar-refractivity contribution in [3.8, 4) is 0 Å². The zero-order valence-corrected chi connectivity index (χ0v) is 12.9. The van der Waals surface area contributed by atoms with Crippen LogP contribution in [0.15, 0.2) is 0 Å². The first-order valence-electron chi connectivity index (χ1n) is 7.90. The molecule has 0 spiro atoms. The fraction of sp³-hybridized carbons (Fsp3) is 1.00. The zero-order chi connectivity index (χ0) is 14.8. The van der Waals surface area contributed by atoms with E-state index >= 15 is 0 Å². The summed E-state index contributed by atoms with van der Waals surface area (Å²) >= 11 is 0. The van der Waals surface area contributed by atoms with Gasteiger partial charge in [0, 0.05) is 6.42 Å². The third kappa shape index (κ3) is 11.3. The van der Waals surface area contributed by atoms with Crippen LogP contribution >= 0.6 is 0 Å². The van der Waals surface area contributed by atoms with Gasteiger partial charge in [0.05, 0.1) is 0 Å². The molecule has 0 N–H and O–H groups in total. The van der Waals surface area contributed by atoms with Crippen LogP contribution in [0.2, 0.25) is 0 Å². The van der Waals surface area contributed by atoms with Crippen LogP contribution in [0.25, 0.3) is 0 Å². The molecule has 3 heteroatoms. The lowest BCUT2D eigenvalue weighted by molar-refractivity contribution is -0.158. The van der Waals surface area contributed by atoms with E-state index in [4.69, 9.17) is 0 Å². The largest absolute Gasteiger partial charge is 0.389 e. The van der Waals surface area contributed by atoms with E-state index < -0.39 is 18.0 Å².